The molecule has 1 heterocycles. The third-order valence-electron chi connectivity index (χ3n) is 4.55. The maximum atomic E-state index is 12.3. The Morgan fingerprint density at radius 1 is 1.10 bits per heavy atom. The van der Waals surface area contributed by atoms with Crippen LogP contribution < -0.4 is 9.80 Å². The molecule has 0 N–H and O–H groups in total. The molecule has 2 aliphatic rings. The molecule has 3 nitrogen and oxygen atoms in total. The first-order valence-electron chi connectivity index (χ1n) is 7.49. The van der Waals surface area contributed by atoms with Crippen LogP contribution in [0.2, 0.25) is 0 Å². The van der Waals surface area contributed by atoms with E-state index in [1.807, 2.05) is 7.05 Å². The molecule has 0 atom stereocenters. The van der Waals surface area contributed by atoms with Gasteiger partial charge in [0.25, 0.3) is 0 Å². The normalized spacial score (nSPS) is 20.8. The Morgan fingerprint density at radius 3 is 2.50 bits per heavy atom. The number of anilines is 2. The lowest BCUT2D eigenvalue weighted by Crippen LogP contribution is -2.48. The summed E-state index contributed by atoms with van der Waals surface area (Å²) in [5.41, 5.74) is 2.24. The zero-order valence-electron chi connectivity index (χ0n) is 11.9. The lowest BCUT2D eigenvalue weighted by atomic mass is 10.0. The van der Waals surface area contributed by atoms with E-state index in [0.717, 1.165) is 10.2 Å². The Balaban J connectivity index is 1.96. The summed E-state index contributed by atoms with van der Waals surface area (Å²) < 4.78 is 1.03. The molecule has 1 saturated carbocycles. The van der Waals surface area contributed by atoms with Gasteiger partial charge in [-0.15, -0.1) is 0 Å². The average molecular weight is 337 g/mol. The summed E-state index contributed by atoms with van der Waals surface area (Å²) in [7, 11) is 1.87. The Bertz CT molecular complexity index is 509. The highest BCUT2D eigenvalue weighted by Crippen LogP contribution is 2.38. The molecule has 0 radical (unpaired) electrons. The topological polar surface area (TPSA) is 23.6 Å². The van der Waals surface area contributed by atoms with Gasteiger partial charge in [0.1, 0.15) is 0 Å². The molecule has 1 fully saturated rings. The number of likely N-dealkylation sites (N-methyl/N-ethyl adjacent to an activating group) is 1. The first-order chi connectivity index (χ1) is 9.66. The molecule has 0 saturated heterocycles. The van der Waals surface area contributed by atoms with Crippen LogP contribution in [0.4, 0.5) is 11.4 Å². The monoisotopic (exact) mass is 336 g/mol. The number of nitrogens with zero attached hydrogens (tertiary/aromatic N) is 2. The van der Waals surface area contributed by atoms with E-state index in [2.05, 4.69) is 39.0 Å². The van der Waals surface area contributed by atoms with Gasteiger partial charge in [0, 0.05) is 17.6 Å². The number of benzene rings is 1. The first kappa shape index (κ1) is 13.9. The maximum Gasteiger partial charge on any atom is 0.246 e. The molecule has 20 heavy (non-hydrogen) atoms. The van der Waals surface area contributed by atoms with Gasteiger partial charge in [0.05, 0.1) is 17.9 Å². The Morgan fingerprint density at radius 2 is 1.80 bits per heavy atom. The van der Waals surface area contributed by atoms with Crippen LogP contribution in [0.15, 0.2) is 22.7 Å². The van der Waals surface area contributed by atoms with Crippen molar-refractivity contribution in [2.75, 3.05) is 23.4 Å². The number of amides is 1. The van der Waals surface area contributed by atoms with E-state index in [-0.39, 0.29) is 5.91 Å². The summed E-state index contributed by atoms with van der Waals surface area (Å²) in [4.78, 5) is 16.4. The molecular formula is C16H21BrN2O. The zero-order valence-corrected chi connectivity index (χ0v) is 13.5. The van der Waals surface area contributed by atoms with Crippen molar-refractivity contribution in [2.24, 2.45) is 0 Å². The highest BCUT2D eigenvalue weighted by molar-refractivity contribution is 9.10. The van der Waals surface area contributed by atoms with Gasteiger partial charge < -0.3 is 9.80 Å². The zero-order chi connectivity index (χ0) is 14.1. The Labute approximate surface area is 129 Å². The predicted molar refractivity (Wildman–Crippen MR) is 86.4 cm³/mol. The van der Waals surface area contributed by atoms with Crippen molar-refractivity contribution < 1.29 is 4.79 Å². The van der Waals surface area contributed by atoms with Gasteiger partial charge in [-0.1, -0.05) is 41.6 Å². The van der Waals surface area contributed by atoms with E-state index in [4.69, 9.17) is 0 Å². The summed E-state index contributed by atoms with van der Waals surface area (Å²) in [5.74, 6) is 0.194. The van der Waals surface area contributed by atoms with E-state index >= 15 is 0 Å². The number of carbonyl (C=O) groups is 1. The highest BCUT2D eigenvalue weighted by Gasteiger charge is 2.31. The number of hydrogen-bond acceptors (Lipinski definition) is 2. The van der Waals surface area contributed by atoms with Gasteiger partial charge in [0.15, 0.2) is 0 Å². The van der Waals surface area contributed by atoms with Gasteiger partial charge in [-0.05, 0) is 31.0 Å². The second kappa shape index (κ2) is 5.76. The van der Waals surface area contributed by atoms with Crippen molar-refractivity contribution in [3.63, 3.8) is 0 Å². The fraction of sp³-hybridized carbons (Fsp3) is 0.562. The van der Waals surface area contributed by atoms with Gasteiger partial charge in [-0.2, -0.15) is 0 Å². The average Bonchev–Trinajstić information content (AvgIpc) is 2.72. The van der Waals surface area contributed by atoms with Crippen molar-refractivity contribution in [1.82, 2.24) is 0 Å². The molecule has 0 aromatic heterocycles. The largest absolute Gasteiger partial charge is 0.358 e. The lowest BCUT2D eigenvalue weighted by molar-refractivity contribution is -0.117. The summed E-state index contributed by atoms with van der Waals surface area (Å²) in [6.07, 6.45) is 7.68. The van der Waals surface area contributed by atoms with E-state index in [9.17, 15) is 4.79 Å². The fourth-order valence-electron chi connectivity index (χ4n) is 3.37. The molecule has 1 aliphatic heterocycles. The van der Waals surface area contributed by atoms with Crippen molar-refractivity contribution in [1.29, 1.82) is 0 Å². The molecule has 0 spiro atoms. The highest BCUT2D eigenvalue weighted by atomic mass is 79.9. The molecular weight excluding hydrogens is 316 g/mol. The lowest BCUT2D eigenvalue weighted by Gasteiger charge is -2.40. The number of rotatable bonds is 1. The van der Waals surface area contributed by atoms with E-state index in [1.54, 1.807) is 4.90 Å². The third kappa shape index (κ3) is 2.58. The second-order valence-electron chi connectivity index (χ2n) is 5.86. The van der Waals surface area contributed by atoms with Crippen molar-refractivity contribution in [3.05, 3.63) is 22.7 Å². The minimum atomic E-state index is 0.194. The number of halogens is 1. The smallest absolute Gasteiger partial charge is 0.246 e. The molecule has 0 unspecified atom stereocenters. The van der Waals surface area contributed by atoms with Gasteiger partial charge in [-0.25, -0.2) is 0 Å². The second-order valence-corrected chi connectivity index (χ2v) is 6.77. The van der Waals surface area contributed by atoms with Crippen LogP contribution in [-0.2, 0) is 4.79 Å². The Hall–Kier alpha value is -1.03. The third-order valence-corrected chi connectivity index (χ3v) is 5.05. The van der Waals surface area contributed by atoms with Crippen LogP contribution in [0.25, 0.3) is 0 Å². The molecule has 3 rings (SSSR count). The minimum absolute atomic E-state index is 0.194. The van der Waals surface area contributed by atoms with Crippen LogP contribution in [0.3, 0.4) is 0 Å². The molecule has 4 heteroatoms. The van der Waals surface area contributed by atoms with Crippen molar-refractivity contribution in [3.8, 4) is 0 Å². The van der Waals surface area contributed by atoms with E-state index in [0.29, 0.717) is 12.6 Å². The number of hydrogen-bond donors (Lipinski definition) is 0. The molecule has 1 aromatic rings. The Kier molecular flexibility index (Phi) is 4.01. The fourth-order valence-corrected chi connectivity index (χ4v) is 3.72. The van der Waals surface area contributed by atoms with Gasteiger partial charge >= 0.3 is 0 Å². The van der Waals surface area contributed by atoms with Crippen LogP contribution in [0.1, 0.15) is 38.5 Å². The molecule has 108 valence electrons. The SMILES string of the molecule is CN1C(=O)CN(C2CCCCCC2)c2ccc(Br)cc21. The quantitative estimate of drug-likeness (QED) is 0.725. The summed E-state index contributed by atoms with van der Waals surface area (Å²) in [5, 5.41) is 0. The van der Waals surface area contributed by atoms with Crippen LogP contribution >= 0.6 is 15.9 Å². The van der Waals surface area contributed by atoms with Crippen LogP contribution in [-0.4, -0.2) is 25.5 Å². The predicted octanol–water partition coefficient (Wildman–Crippen LogP) is 3.95. The van der Waals surface area contributed by atoms with Crippen molar-refractivity contribution >= 4 is 33.2 Å². The maximum absolute atomic E-state index is 12.3. The van der Waals surface area contributed by atoms with E-state index in [1.165, 1.54) is 44.2 Å². The number of carbonyl (C=O) groups excluding carboxylic acids is 1. The molecule has 1 aliphatic carbocycles. The molecule has 1 aromatic carbocycles. The summed E-state index contributed by atoms with van der Waals surface area (Å²) in [6.45, 7) is 0.524. The summed E-state index contributed by atoms with van der Waals surface area (Å²) >= 11 is 3.51. The van der Waals surface area contributed by atoms with E-state index < -0.39 is 0 Å². The van der Waals surface area contributed by atoms with Crippen LogP contribution in [0, 0.1) is 0 Å². The first-order valence-corrected chi connectivity index (χ1v) is 8.29. The molecule has 0 bridgehead atoms. The summed E-state index contributed by atoms with van der Waals surface area (Å²) in [6, 6.07) is 6.80. The van der Waals surface area contributed by atoms with Crippen LogP contribution in [0.5, 0.6) is 0 Å². The standard InChI is InChI=1S/C16H21BrN2O/c1-18-15-10-12(17)8-9-14(15)19(11-16(18)20)13-6-4-2-3-5-7-13/h8-10,13H,2-7,11H2,1H3. The molecule has 1 amide bonds. The van der Waals surface area contributed by atoms with Gasteiger partial charge in [-0.3, -0.25) is 4.79 Å². The number of fused-ring (bicyclic) bond motifs is 1. The van der Waals surface area contributed by atoms with Gasteiger partial charge in [0.2, 0.25) is 5.91 Å². The minimum Gasteiger partial charge on any atom is -0.358 e. The van der Waals surface area contributed by atoms with Crippen molar-refractivity contribution in [2.45, 2.75) is 44.6 Å².